The SMILES string of the molecule is CCNC(c1ccc(C)nc1)C1CSCCS1. The van der Waals surface area contributed by atoms with Crippen LogP contribution in [0.3, 0.4) is 0 Å². The van der Waals surface area contributed by atoms with Gasteiger partial charge in [-0.3, -0.25) is 4.98 Å². The van der Waals surface area contributed by atoms with E-state index in [4.69, 9.17) is 0 Å². The van der Waals surface area contributed by atoms with Crippen LogP contribution in [0.5, 0.6) is 0 Å². The Hall–Kier alpha value is -0.190. The molecule has 2 nitrogen and oxygen atoms in total. The average molecular weight is 268 g/mol. The molecule has 2 atom stereocenters. The number of nitrogens with zero attached hydrogens (tertiary/aromatic N) is 1. The van der Waals surface area contributed by atoms with Crippen LogP contribution in [0, 0.1) is 6.92 Å². The molecule has 0 aromatic carbocycles. The minimum atomic E-state index is 0.450. The number of nitrogens with one attached hydrogen (secondary N) is 1. The van der Waals surface area contributed by atoms with Gasteiger partial charge in [-0.1, -0.05) is 13.0 Å². The first kappa shape index (κ1) is 13.2. The molecule has 2 rings (SSSR count). The summed E-state index contributed by atoms with van der Waals surface area (Å²) in [6.07, 6.45) is 2.03. The molecular weight excluding hydrogens is 248 g/mol. The maximum Gasteiger partial charge on any atom is 0.0463 e. The Labute approximate surface area is 112 Å². The number of thioether (sulfide) groups is 2. The molecule has 1 saturated heterocycles. The average Bonchev–Trinajstić information content (AvgIpc) is 2.38. The molecular formula is C13H20N2S2. The fourth-order valence-electron chi connectivity index (χ4n) is 2.05. The molecule has 0 bridgehead atoms. The van der Waals surface area contributed by atoms with Crippen molar-refractivity contribution in [2.45, 2.75) is 25.1 Å². The number of aryl methyl sites for hydroxylation is 1. The molecule has 2 unspecified atom stereocenters. The van der Waals surface area contributed by atoms with E-state index >= 15 is 0 Å². The van der Waals surface area contributed by atoms with Crippen LogP contribution in [0.1, 0.15) is 24.2 Å². The Morgan fingerprint density at radius 1 is 1.47 bits per heavy atom. The van der Waals surface area contributed by atoms with Gasteiger partial charge in [-0.25, -0.2) is 0 Å². The molecule has 1 aliphatic heterocycles. The van der Waals surface area contributed by atoms with Crippen molar-refractivity contribution in [3.8, 4) is 0 Å². The standard InChI is InChI=1S/C13H20N2S2/c1-3-14-13(12-9-16-6-7-17-12)11-5-4-10(2)15-8-11/h4-5,8,12-14H,3,6-7,9H2,1-2H3. The van der Waals surface area contributed by atoms with Crippen LogP contribution in [-0.4, -0.2) is 34.0 Å². The summed E-state index contributed by atoms with van der Waals surface area (Å²) in [7, 11) is 0. The fourth-order valence-corrected chi connectivity index (χ4v) is 4.92. The molecule has 0 aliphatic carbocycles. The number of pyridine rings is 1. The van der Waals surface area contributed by atoms with E-state index in [1.807, 2.05) is 13.1 Å². The monoisotopic (exact) mass is 268 g/mol. The fraction of sp³-hybridized carbons (Fsp3) is 0.615. The minimum Gasteiger partial charge on any atom is -0.309 e. The second-order valence-corrected chi connectivity index (χ2v) is 6.75. The summed E-state index contributed by atoms with van der Waals surface area (Å²) in [5, 5.41) is 4.29. The van der Waals surface area contributed by atoms with Gasteiger partial charge in [-0.05, 0) is 25.1 Å². The molecule has 4 heteroatoms. The lowest BCUT2D eigenvalue weighted by molar-refractivity contribution is 0.549. The maximum atomic E-state index is 4.42. The third-order valence-electron chi connectivity index (χ3n) is 2.93. The molecule has 1 fully saturated rings. The Bertz CT molecular complexity index is 334. The van der Waals surface area contributed by atoms with Crippen LogP contribution >= 0.6 is 23.5 Å². The molecule has 17 heavy (non-hydrogen) atoms. The highest BCUT2D eigenvalue weighted by Gasteiger charge is 2.25. The minimum absolute atomic E-state index is 0.450. The molecule has 0 amide bonds. The quantitative estimate of drug-likeness (QED) is 0.907. The van der Waals surface area contributed by atoms with Crippen molar-refractivity contribution < 1.29 is 0 Å². The predicted molar refractivity (Wildman–Crippen MR) is 79.0 cm³/mol. The van der Waals surface area contributed by atoms with Gasteiger partial charge in [-0.15, -0.1) is 0 Å². The van der Waals surface area contributed by atoms with E-state index in [0.29, 0.717) is 11.3 Å². The van der Waals surface area contributed by atoms with Crippen molar-refractivity contribution >= 4 is 23.5 Å². The smallest absolute Gasteiger partial charge is 0.0463 e. The van der Waals surface area contributed by atoms with E-state index in [1.165, 1.54) is 22.8 Å². The summed E-state index contributed by atoms with van der Waals surface area (Å²) in [6, 6.07) is 4.78. The van der Waals surface area contributed by atoms with Crippen molar-refractivity contribution in [1.82, 2.24) is 10.3 Å². The van der Waals surface area contributed by atoms with E-state index in [1.54, 1.807) is 0 Å². The lowest BCUT2D eigenvalue weighted by Gasteiger charge is -2.30. The zero-order valence-electron chi connectivity index (χ0n) is 10.5. The second-order valence-electron chi connectivity index (χ2n) is 4.25. The van der Waals surface area contributed by atoms with E-state index in [0.717, 1.165) is 12.2 Å². The molecule has 0 spiro atoms. The van der Waals surface area contributed by atoms with Crippen molar-refractivity contribution in [1.29, 1.82) is 0 Å². The summed E-state index contributed by atoms with van der Waals surface area (Å²) in [4.78, 5) is 4.42. The third kappa shape index (κ3) is 3.63. The number of hydrogen-bond acceptors (Lipinski definition) is 4. The van der Waals surface area contributed by atoms with Crippen molar-refractivity contribution in [2.75, 3.05) is 23.8 Å². The first-order valence-electron chi connectivity index (χ1n) is 6.16. The third-order valence-corrected chi connectivity index (χ3v) is 5.79. The molecule has 1 N–H and O–H groups in total. The van der Waals surface area contributed by atoms with Gasteiger partial charge in [0.2, 0.25) is 0 Å². The maximum absolute atomic E-state index is 4.42. The largest absolute Gasteiger partial charge is 0.309 e. The van der Waals surface area contributed by atoms with Crippen LogP contribution < -0.4 is 5.32 Å². The zero-order chi connectivity index (χ0) is 12.1. The lowest BCUT2D eigenvalue weighted by atomic mass is 10.1. The van der Waals surface area contributed by atoms with Gasteiger partial charge in [-0.2, -0.15) is 23.5 Å². The molecule has 2 heterocycles. The molecule has 1 aromatic rings. The van der Waals surface area contributed by atoms with Crippen molar-refractivity contribution in [3.05, 3.63) is 29.6 Å². The van der Waals surface area contributed by atoms with Gasteiger partial charge < -0.3 is 5.32 Å². The summed E-state index contributed by atoms with van der Waals surface area (Å²) < 4.78 is 0. The van der Waals surface area contributed by atoms with Gasteiger partial charge in [0.05, 0.1) is 0 Å². The Kier molecular flexibility index (Phi) is 5.19. The molecule has 0 saturated carbocycles. The Morgan fingerprint density at radius 2 is 2.35 bits per heavy atom. The number of rotatable bonds is 4. The van der Waals surface area contributed by atoms with Gasteiger partial charge in [0, 0.05) is 40.4 Å². The van der Waals surface area contributed by atoms with Crippen molar-refractivity contribution in [3.63, 3.8) is 0 Å². The Morgan fingerprint density at radius 3 is 2.94 bits per heavy atom. The normalized spacial score (nSPS) is 22.4. The van der Waals surface area contributed by atoms with Crippen LogP contribution in [0.4, 0.5) is 0 Å². The van der Waals surface area contributed by atoms with Crippen LogP contribution in [0.2, 0.25) is 0 Å². The lowest BCUT2D eigenvalue weighted by Crippen LogP contribution is -2.33. The summed E-state index contributed by atoms with van der Waals surface area (Å²) in [5.74, 6) is 3.82. The topological polar surface area (TPSA) is 24.9 Å². The van der Waals surface area contributed by atoms with Gasteiger partial charge in [0.15, 0.2) is 0 Å². The second kappa shape index (κ2) is 6.66. The van der Waals surface area contributed by atoms with Gasteiger partial charge in [0.1, 0.15) is 0 Å². The summed E-state index contributed by atoms with van der Waals surface area (Å²) in [5.41, 5.74) is 2.42. The molecule has 94 valence electrons. The van der Waals surface area contributed by atoms with E-state index in [2.05, 4.69) is 52.9 Å². The Balaban J connectivity index is 2.12. The van der Waals surface area contributed by atoms with Gasteiger partial charge >= 0.3 is 0 Å². The highest BCUT2D eigenvalue weighted by Crippen LogP contribution is 2.33. The van der Waals surface area contributed by atoms with E-state index in [-0.39, 0.29) is 0 Å². The first-order valence-corrected chi connectivity index (χ1v) is 8.37. The van der Waals surface area contributed by atoms with E-state index in [9.17, 15) is 0 Å². The van der Waals surface area contributed by atoms with Gasteiger partial charge in [0.25, 0.3) is 0 Å². The van der Waals surface area contributed by atoms with E-state index < -0.39 is 0 Å². The summed E-state index contributed by atoms with van der Waals surface area (Å²) in [6.45, 7) is 5.23. The van der Waals surface area contributed by atoms with Crippen LogP contribution in [-0.2, 0) is 0 Å². The van der Waals surface area contributed by atoms with Crippen molar-refractivity contribution in [2.24, 2.45) is 0 Å². The predicted octanol–water partition coefficient (Wildman–Crippen LogP) is 2.89. The molecule has 1 aromatic heterocycles. The van der Waals surface area contributed by atoms with Crippen LogP contribution in [0.25, 0.3) is 0 Å². The number of aromatic nitrogens is 1. The number of hydrogen-bond donors (Lipinski definition) is 1. The molecule has 1 aliphatic rings. The first-order chi connectivity index (χ1) is 8.31. The molecule has 0 radical (unpaired) electrons. The van der Waals surface area contributed by atoms with Crippen LogP contribution in [0.15, 0.2) is 18.3 Å². The highest BCUT2D eigenvalue weighted by atomic mass is 32.2. The summed E-state index contributed by atoms with van der Waals surface area (Å²) >= 11 is 4.17. The zero-order valence-corrected chi connectivity index (χ0v) is 12.1. The highest BCUT2D eigenvalue weighted by molar-refractivity contribution is 8.06.